The molecule has 0 unspecified atom stereocenters. The smallest absolute Gasteiger partial charge is 0.267 e. The van der Waals surface area contributed by atoms with Gasteiger partial charge in [0.2, 0.25) is 0 Å². The van der Waals surface area contributed by atoms with E-state index in [1.54, 1.807) is 4.90 Å². The molecule has 6 nitrogen and oxygen atoms in total. The van der Waals surface area contributed by atoms with Crippen LogP contribution in [0.3, 0.4) is 0 Å². The van der Waals surface area contributed by atoms with Crippen LogP contribution in [-0.2, 0) is 0 Å². The van der Waals surface area contributed by atoms with Crippen LogP contribution in [0.4, 0.5) is 10.9 Å². The highest BCUT2D eigenvalue weighted by Crippen LogP contribution is 2.28. The highest BCUT2D eigenvalue weighted by atomic mass is 32.1. The van der Waals surface area contributed by atoms with Crippen LogP contribution >= 0.6 is 11.3 Å². The van der Waals surface area contributed by atoms with E-state index in [0.29, 0.717) is 10.7 Å². The molecule has 0 aliphatic carbocycles. The molecule has 21 heavy (non-hydrogen) atoms. The predicted octanol–water partition coefficient (Wildman–Crippen LogP) is 1.60. The van der Waals surface area contributed by atoms with Crippen molar-refractivity contribution in [1.29, 1.82) is 0 Å². The van der Waals surface area contributed by atoms with Gasteiger partial charge in [-0.2, -0.15) is 0 Å². The molecular weight excluding hydrogens is 286 g/mol. The lowest BCUT2D eigenvalue weighted by Gasteiger charge is -2.18. The fourth-order valence-electron chi connectivity index (χ4n) is 2.00. The zero-order valence-corrected chi connectivity index (χ0v) is 14.5. The number of carbonyl (C=O) groups excluding carboxylic acids is 1. The van der Waals surface area contributed by atoms with Crippen molar-refractivity contribution in [2.24, 2.45) is 0 Å². The number of nitrogens with zero attached hydrogens (tertiary/aromatic N) is 4. The van der Waals surface area contributed by atoms with E-state index in [1.807, 2.05) is 21.1 Å². The lowest BCUT2D eigenvalue weighted by molar-refractivity contribution is 0.0796. The van der Waals surface area contributed by atoms with Crippen molar-refractivity contribution in [1.82, 2.24) is 14.8 Å². The second kappa shape index (κ2) is 8.19. The minimum absolute atomic E-state index is 0.0397. The van der Waals surface area contributed by atoms with Crippen LogP contribution in [0.2, 0.25) is 0 Å². The molecule has 7 heteroatoms. The molecular formula is C14H27N5OS. The Morgan fingerprint density at radius 1 is 1.19 bits per heavy atom. The number of hydrogen-bond donors (Lipinski definition) is 1. The number of nitrogen functional groups attached to an aromatic ring is 1. The van der Waals surface area contributed by atoms with E-state index >= 15 is 0 Å². The van der Waals surface area contributed by atoms with Crippen LogP contribution in [0.25, 0.3) is 0 Å². The largest absolute Gasteiger partial charge is 0.382 e. The SMILES string of the molecule is CCN(CC)c1nc(N)c(C(=O)N(C)CCCN(C)C)s1. The second-order valence-electron chi connectivity index (χ2n) is 5.27. The van der Waals surface area contributed by atoms with Crippen molar-refractivity contribution in [3.05, 3.63) is 4.88 Å². The Kier molecular flexibility index (Phi) is 6.91. The molecule has 2 N–H and O–H groups in total. The first-order valence-electron chi connectivity index (χ1n) is 7.32. The quantitative estimate of drug-likeness (QED) is 0.789. The standard InChI is InChI=1S/C14H27N5OS/c1-6-19(7-2)14-16-12(15)11(21-14)13(20)18(5)10-8-9-17(3)4/h6-10,15H2,1-5H3. The van der Waals surface area contributed by atoms with Gasteiger partial charge in [-0.3, -0.25) is 4.79 Å². The Morgan fingerprint density at radius 3 is 2.33 bits per heavy atom. The first-order chi connectivity index (χ1) is 9.90. The van der Waals surface area contributed by atoms with Crippen LogP contribution in [0.15, 0.2) is 0 Å². The maximum atomic E-state index is 12.4. The van der Waals surface area contributed by atoms with Gasteiger partial charge in [0.05, 0.1) is 0 Å². The van der Waals surface area contributed by atoms with Gasteiger partial charge in [-0.25, -0.2) is 4.98 Å². The number of rotatable bonds is 8. The van der Waals surface area contributed by atoms with Gasteiger partial charge in [0.15, 0.2) is 5.13 Å². The van der Waals surface area contributed by atoms with Crippen molar-refractivity contribution >= 4 is 28.2 Å². The Morgan fingerprint density at radius 2 is 1.81 bits per heavy atom. The zero-order valence-electron chi connectivity index (χ0n) is 13.7. The van der Waals surface area contributed by atoms with Gasteiger partial charge in [0.1, 0.15) is 10.7 Å². The van der Waals surface area contributed by atoms with Gasteiger partial charge < -0.3 is 20.4 Å². The number of amides is 1. The van der Waals surface area contributed by atoms with E-state index in [4.69, 9.17) is 5.73 Å². The molecule has 0 saturated heterocycles. The average molecular weight is 313 g/mol. The highest BCUT2D eigenvalue weighted by molar-refractivity contribution is 7.18. The third-order valence-electron chi connectivity index (χ3n) is 3.32. The van der Waals surface area contributed by atoms with Crippen molar-refractivity contribution in [3.63, 3.8) is 0 Å². The van der Waals surface area contributed by atoms with Gasteiger partial charge in [-0.15, -0.1) is 0 Å². The van der Waals surface area contributed by atoms with Crippen molar-refractivity contribution in [2.45, 2.75) is 20.3 Å². The lowest BCUT2D eigenvalue weighted by atomic mass is 10.3. The molecule has 0 aliphatic rings. The molecule has 0 spiro atoms. The summed E-state index contributed by atoms with van der Waals surface area (Å²) in [4.78, 5) is 23.2. The summed E-state index contributed by atoms with van der Waals surface area (Å²) in [5, 5.41) is 0.822. The van der Waals surface area contributed by atoms with Gasteiger partial charge in [0, 0.05) is 26.7 Å². The van der Waals surface area contributed by atoms with E-state index in [1.165, 1.54) is 11.3 Å². The molecule has 0 fully saturated rings. The van der Waals surface area contributed by atoms with Crippen LogP contribution in [0.5, 0.6) is 0 Å². The second-order valence-corrected chi connectivity index (χ2v) is 6.24. The Hall–Kier alpha value is -1.34. The summed E-state index contributed by atoms with van der Waals surface area (Å²) in [5.41, 5.74) is 5.92. The maximum absolute atomic E-state index is 12.4. The Bertz CT molecular complexity index is 456. The van der Waals surface area contributed by atoms with E-state index in [2.05, 4.69) is 28.6 Å². The van der Waals surface area contributed by atoms with E-state index < -0.39 is 0 Å². The fraction of sp³-hybridized carbons (Fsp3) is 0.714. The molecule has 1 heterocycles. The summed E-state index contributed by atoms with van der Waals surface area (Å²) in [6.45, 7) is 7.52. The molecule has 0 aromatic carbocycles. The van der Waals surface area contributed by atoms with Crippen LogP contribution in [-0.4, -0.2) is 68.0 Å². The van der Waals surface area contributed by atoms with E-state index in [-0.39, 0.29) is 5.91 Å². The normalized spacial score (nSPS) is 11.0. The van der Waals surface area contributed by atoms with Crippen molar-refractivity contribution in [3.8, 4) is 0 Å². The molecule has 1 rings (SSSR count). The summed E-state index contributed by atoms with van der Waals surface area (Å²) in [7, 11) is 5.87. The van der Waals surface area contributed by atoms with E-state index in [9.17, 15) is 4.79 Å². The number of nitrogens with two attached hydrogens (primary N) is 1. The summed E-state index contributed by atoms with van der Waals surface area (Å²) < 4.78 is 0. The molecule has 1 aromatic rings. The van der Waals surface area contributed by atoms with Crippen molar-refractivity contribution < 1.29 is 4.79 Å². The first kappa shape index (κ1) is 17.7. The average Bonchev–Trinajstić information content (AvgIpc) is 2.80. The molecule has 0 atom stereocenters. The Balaban J connectivity index is 2.73. The number of hydrogen-bond acceptors (Lipinski definition) is 6. The number of thiazole rings is 1. The van der Waals surface area contributed by atoms with Crippen LogP contribution in [0, 0.1) is 0 Å². The summed E-state index contributed by atoms with van der Waals surface area (Å²) in [5.74, 6) is 0.300. The number of anilines is 2. The molecule has 0 saturated carbocycles. The molecule has 120 valence electrons. The molecule has 0 radical (unpaired) electrons. The number of aromatic nitrogens is 1. The third kappa shape index (κ3) is 4.86. The van der Waals surface area contributed by atoms with Gasteiger partial charge in [0.25, 0.3) is 5.91 Å². The monoisotopic (exact) mass is 313 g/mol. The maximum Gasteiger partial charge on any atom is 0.267 e. The van der Waals surface area contributed by atoms with E-state index in [0.717, 1.165) is 37.7 Å². The third-order valence-corrected chi connectivity index (χ3v) is 4.44. The zero-order chi connectivity index (χ0) is 16.0. The molecule has 0 aliphatic heterocycles. The van der Waals surface area contributed by atoms with Crippen LogP contribution in [0.1, 0.15) is 29.9 Å². The first-order valence-corrected chi connectivity index (χ1v) is 8.13. The minimum atomic E-state index is -0.0397. The number of carbonyl (C=O) groups is 1. The fourth-order valence-corrected chi connectivity index (χ4v) is 3.11. The van der Waals surface area contributed by atoms with Crippen molar-refractivity contribution in [2.75, 3.05) is 58.0 Å². The summed E-state index contributed by atoms with van der Waals surface area (Å²) >= 11 is 1.38. The lowest BCUT2D eigenvalue weighted by Crippen LogP contribution is -2.29. The predicted molar refractivity (Wildman–Crippen MR) is 90.2 cm³/mol. The van der Waals surface area contributed by atoms with Gasteiger partial charge in [-0.05, 0) is 40.9 Å². The van der Waals surface area contributed by atoms with Crippen LogP contribution < -0.4 is 10.6 Å². The molecule has 1 aromatic heterocycles. The molecule has 0 bridgehead atoms. The topological polar surface area (TPSA) is 65.7 Å². The van der Waals surface area contributed by atoms with Gasteiger partial charge >= 0.3 is 0 Å². The summed E-state index contributed by atoms with van der Waals surface area (Å²) in [6.07, 6.45) is 0.941. The van der Waals surface area contributed by atoms with Gasteiger partial charge in [-0.1, -0.05) is 11.3 Å². The highest BCUT2D eigenvalue weighted by Gasteiger charge is 2.21. The minimum Gasteiger partial charge on any atom is -0.382 e. The molecule has 1 amide bonds. The summed E-state index contributed by atoms with van der Waals surface area (Å²) in [6, 6.07) is 0. The Labute approximate surface area is 131 Å².